The molecule has 30 heavy (non-hydrogen) atoms. The third-order valence-electron chi connectivity index (χ3n) is 4.59. The van der Waals surface area contributed by atoms with Gasteiger partial charge in [-0.3, -0.25) is 0 Å². The summed E-state index contributed by atoms with van der Waals surface area (Å²) in [4.78, 5) is 4.74. The van der Waals surface area contributed by atoms with E-state index >= 15 is 0 Å². The van der Waals surface area contributed by atoms with Gasteiger partial charge in [0.25, 0.3) is 0 Å². The predicted molar refractivity (Wildman–Crippen MR) is 115 cm³/mol. The summed E-state index contributed by atoms with van der Waals surface area (Å²) in [5, 5.41) is 18.4. The van der Waals surface area contributed by atoms with E-state index in [1.807, 2.05) is 61.5 Å². The van der Waals surface area contributed by atoms with Crippen molar-refractivity contribution in [1.29, 1.82) is 5.26 Å². The van der Waals surface area contributed by atoms with Crippen LogP contribution >= 0.6 is 0 Å². The predicted octanol–water partition coefficient (Wildman–Crippen LogP) is 7.15. The number of nitriles is 1. The van der Waals surface area contributed by atoms with Crippen molar-refractivity contribution in [3.05, 3.63) is 102 Å². The van der Waals surface area contributed by atoms with Gasteiger partial charge in [-0.05, 0) is 49.4 Å². The number of aromatic nitrogens is 1. The monoisotopic (exact) mass is 392 g/mol. The van der Waals surface area contributed by atoms with Crippen LogP contribution in [0.4, 0.5) is 15.8 Å². The van der Waals surface area contributed by atoms with E-state index in [1.165, 1.54) is 12.1 Å². The zero-order valence-corrected chi connectivity index (χ0v) is 16.2. The van der Waals surface area contributed by atoms with Crippen LogP contribution in [0.2, 0.25) is 0 Å². The molecule has 0 N–H and O–H groups in total. The summed E-state index contributed by atoms with van der Waals surface area (Å²) in [5.41, 5.74) is 5.24. The summed E-state index contributed by atoms with van der Waals surface area (Å²) in [6, 6.07) is 27.0. The van der Waals surface area contributed by atoms with Crippen LogP contribution in [0.5, 0.6) is 0 Å². The number of hydrogen-bond acceptors (Lipinski definition) is 4. The molecule has 5 heteroatoms. The Morgan fingerprint density at radius 1 is 0.800 bits per heavy atom. The maximum Gasteiger partial charge on any atom is 0.123 e. The zero-order valence-electron chi connectivity index (χ0n) is 16.2. The Morgan fingerprint density at radius 2 is 1.47 bits per heavy atom. The van der Waals surface area contributed by atoms with Crippen molar-refractivity contribution >= 4 is 11.4 Å². The molecule has 144 valence electrons. The molecule has 0 aliphatic rings. The minimum Gasteiger partial charge on any atom is -0.244 e. The second-order valence-corrected chi connectivity index (χ2v) is 6.77. The van der Waals surface area contributed by atoms with E-state index in [1.54, 1.807) is 18.2 Å². The highest BCUT2D eigenvalue weighted by atomic mass is 19.1. The van der Waals surface area contributed by atoms with E-state index < -0.39 is 0 Å². The maximum absolute atomic E-state index is 13.5. The molecule has 0 saturated heterocycles. The van der Waals surface area contributed by atoms with Gasteiger partial charge in [-0.1, -0.05) is 48.0 Å². The second-order valence-electron chi connectivity index (χ2n) is 6.77. The molecule has 0 amide bonds. The van der Waals surface area contributed by atoms with Gasteiger partial charge in [0, 0.05) is 11.1 Å². The zero-order chi connectivity index (χ0) is 20.9. The van der Waals surface area contributed by atoms with Crippen LogP contribution in [-0.4, -0.2) is 4.98 Å². The van der Waals surface area contributed by atoms with Crippen molar-refractivity contribution in [3.8, 4) is 28.6 Å². The molecule has 0 spiro atoms. The number of hydrogen-bond donors (Lipinski definition) is 0. The van der Waals surface area contributed by atoms with Crippen molar-refractivity contribution < 1.29 is 4.39 Å². The summed E-state index contributed by atoms with van der Waals surface area (Å²) in [7, 11) is 0. The first-order valence-corrected chi connectivity index (χ1v) is 9.39. The van der Waals surface area contributed by atoms with Crippen molar-refractivity contribution in [2.45, 2.75) is 6.92 Å². The lowest BCUT2D eigenvalue weighted by molar-refractivity contribution is 0.628. The minimum atomic E-state index is -0.335. The molecule has 0 unspecified atom stereocenters. The minimum absolute atomic E-state index is 0.335. The quantitative estimate of drug-likeness (QED) is 0.346. The van der Waals surface area contributed by atoms with E-state index in [4.69, 9.17) is 4.98 Å². The first-order chi connectivity index (χ1) is 14.6. The Balaban J connectivity index is 1.88. The van der Waals surface area contributed by atoms with Crippen molar-refractivity contribution in [1.82, 2.24) is 4.98 Å². The Bertz CT molecular complexity index is 1240. The average Bonchev–Trinajstić information content (AvgIpc) is 2.79. The van der Waals surface area contributed by atoms with Crippen LogP contribution < -0.4 is 0 Å². The van der Waals surface area contributed by atoms with Crippen LogP contribution in [0.3, 0.4) is 0 Å². The normalized spacial score (nSPS) is 10.8. The fourth-order valence-electron chi connectivity index (χ4n) is 3.02. The number of azo groups is 1. The van der Waals surface area contributed by atoms with Crippen molar-refractivity contribution in [3.63, 3.8) is 0 Å². The third kappa shape index (κ3) is 4.13. The van der Waals surface area contributed by atoms with Crippen LogP contribution in [0.15, 0.2) is 95.2 Å². The second kappa shape index (κ2) is 8.46. The summed E-state index contributed by atoms with van der Waals surface area (Å²) in [5.74, 6) is -0.335. The smallest absolute Gasteiger partial charge is 0.123 e. The highest BCUT2D eigenvalue weighted by Gasteiger charge is 2.15. The van der Waals surface area contributed by atoms with Gasteiger partial charge >= 0.3 is 0 Å². The van der Waals surface area contributed by atoms with Gasteiger partial charge < -0.3 is 0 Å². The molecule has 4 nitrogen and oxygen atoms in total. The summed E-state index contributed by atoms with van der Waals surface area (Å²) in [6.45, 7) is 2.00. The molecule has 0 aliphatic heterocycles. The summed E-state index contributed by atoms with van der Waals surface area (Å²) >= 11 is 0. The molecule has 3 aromatic carbocycles. The Kier molecular flexibility index (Phi) is 5.40. The molecule has 4 rings (SSSR count). The number of benzene rings is 3. The van der Waals surface area contributed by atoms with Gasteiger partial charge in [0.2, 0.25) is 0 Å². The number of pyridine rings is 1. The van der Waals surface area contributed by atoms with Crippen molar-refractivity contribution in [2.75, 3.05) is 0 Å². The van der Waals surface area contributed by atoms with Crippen molar-refractivity contribution in [2.24, 2.45) is 10.2 Å². The molecule has 0 atom stereocenters. The summed E-state index contributed by atoms with van der Waals surface area (Å²) < 4.78 is 13.5. The number of aryl methyl sites for hydroxylation is 1. The van der Waals surface area contributed by atoms with Gasteiger partial charge in [0.15, 0.2) is 0 Å². The molecule has 0 fully saturated rings. The van der Waals surface area contributed by atoms with E-state index in [-0.39, 0.29) is 5.82 Å². The van der Waals surface area contributed by atoms with Gasteiger partial charge in [-0.15, -0.1) is 5.11 Å². The average molecular weight is 392 g/mol. The fraction of sp³-hybridized carbons (Fsp3) is 0.0400. The van der Waals surface area contributed by atoms with Crippen LogP contribution in [0.1, 0.15) is 11.1 Å². The number of rotatable bonds is 4. The molecule has 0 aliphatic carbocycles. The highest BCUT2D eigenvalue weighted by Crippen LogP contribution is 2.35. The molecular weight excluding hydrogens is 375 g/mol. The van der Waals surface area contributed by atoms with E-state index in [9.17, 15) is 9.65 Å². The van der Waals surface area contributed by atoms with Crippen LogP contribution in [0.25, 0.3) is 22.5 Å². The molecule has 4 aromatic rings. The van der Waals surface area contributed by atoms with Gasteiger partial charge in [0.1, 0.15) is 17.6 Å². The van der Waals surface area contributed by atoms with Gasteiger partial charge in [0.05, 0.1) is 22.6 Å². The summed E-state index contributed by atoms with van der Waals surface area (Å²) in [6.07, 6.45) is 0. The van der Waals surface area contributed by atoms with Crippen LogP contribution in [-0.2, 0) is 0 Å². The maximum atomic E-state index is 13.5. The molecular formula is C25H17FN4. The topological polar surface area (TPSA) is 61.4 Å². The van der Waals surface area contributed by atoms with E-state index in [2.05, 4.69) is 16.3 Å². The first-order valence-electron chi connectivity index (χ1n) is 9.39. The SMILES string of the molecule is Cc1ccc(N=Nc2cc(C#N)c(-c3ccccc3)nc2-c2ccc(F)cc2)cc1. The van der Waals surface area contributed by atoms with Gasteiger partial charge in [-0.2, -0.15) is 10.4 Å². The van der Waals surface area contributed by atoms with E-state index in [0.29, 0.717) is 33.9 Å². The molecule has 0 saturated carbocycles. The molecule has 1 aromatic heterocycles. The standard InChI is InChI=1S/C25H17FN4/c1-17-7-13-22(14-8-17)29-30-23-15-20(16-27)24(18-5-3-2-4-6-18)28-25(23)19-9-11-21(26)12-10-19/h2-15H,1H3. The molecule has 0 bridgehead atoms. The van der Waals surface area contributed by atoms with E-state index in [0.717, 1.165) is 11.1 Å². The highest BCUT2D eigenvalue weighted by molar-refractivity contribution is 5.79. The Morgan fingerprint density at radius 3 is 2.13 bits per heavy atom. The number of nitrogens with zero attached hydrogens (tertiary/aromatic N) is 4. The molecule has 0 radical (unpaired) electrons. The number of halogens is 1. The van der Waals surface area contributed by atoms with Crippen LogP contribution in [0, 0.1) is 24.1 Å². The Hall–Kier alpha value is -4.17. The fourth-order valence-corrected chi connectivity index (χ4v) is 3.02. The van der Waals surface area contributed by atoms with Gasteiger partial charge in [-0.25, -0.2) is 9.37 Å². The Labute approximate surface area is 174 Å². The lowest BCUT2D eigenvalue weighted by Crippen LogP contribution is -1.94. The largest absolute Gasteiger partial charge is 0.244 e. The first kappa shape index (κ1) is 19.2. The molecule has 1 heterocycles. The lowest BCUT2D eigenvalue weighted by Gasteiger charge is -2.10. The lowest BCUT2D eigenvalue weighted by atomic mass is 10.0. The third-order valence-corrected chi connectivity index (χ3v) is 4.59.